The van der Waals surface area contributed by atoms with Crippen molar-refractivity contribution in [2.45, 2.75) is 11.3 Å². The molecule has 2 N–H and O–H groups in total. The summed E-state index contributed by atoms with van der Waals surface area (Å²) in [6.07, 6.45) is 0. The van der Waals surface area contributed by atoms with Crippen LogP contribution in [0.4, 0.5) is 13.2 Å². The zero-order chi connectivity index (χ0) is 11.6. The molecule has 1 aromatic heterocycles. The predicted octanol–water partition coefficient (Wildman–Crippen LogP) is 0.406. The quantitative estimate of drug-likeness (QED) is 0.795. The number of alkyl halides is 3. The maximum Gasteiger partial charge on any atom is 0.573 e. The van der Waals surface area contributed by atoms with Gasteiger partial charge in [0, 0.05) is 0 Å². The Morgan fingerprint density at radius 1 is 1.60 bits per heavy atom. The zero-order valence-corrected chi connectivity index (χ0v) is 8.58. The van der Waals surface area contributed by atoms with Gasteiger partial charge in [-0.05, 0) is 11.5 Å². The van der Waals surface area contributed by atoms with Crippen molar-refractivity contribution >= 4 is 28.6 Å². The van der Waals surface area contributed by atoms with Gasteiger partial charge in [-0.2, -0.15) is 0 Å². The van der Waals surface area contributed by atoms with Crippen LogP contribution in [-0.2, 0) is 16.9 Å². The standard InChI is InChI=1S/C5H4F3N3O2S2/c6-5(7,8)15(13)1-2-3(4(9)12)14-11-10-2/h1H2,(H2,9,12). The van der Waals surface area contributed by atoms with E-state index >= 15 is 0 Å². The van der Waals surface area contributed by atoms with Crippen molar-refractivity contribution < 1.29 is 22.5 Å². The van der Waals surface area contributed by atoms with Crippen molar-refractivity contribution in [3.63, 3.8) is 0 Å². The molecule has 1 rings (SSSR count). The topological polar surface area (TPSA) is 91.9 Å². The summed E-state index contributed by atoms with van der Waals surface area (Å²) >= 11 is -2.52. The molecule has 5 nitrogen and oxygen atoms in total. The van der Waals surface area contributed by atoms with E-state index in [1.165, 1.54) is 0 Å². The van der Waals surface area contributed by atoms with Crippen LogP contribution >= 0.6 is 11.5 Å². The fraction of sp³-hybridized carbons (Fsp3) is 0.400. The Labute approximate surface area is 88.8 Å². The van der Waals surface area contributed by atoms with Gasteiger partial charge in [-0.25, -0.2) is 0 Å². The first-order chi connectivity index (χ1) is 6.82. The molecule has 1 heterocycles. The van der Waals surface area contributed by atoms with Crippen LogP contribution in [0.1, 0.15) is 15.4 Å². The lowest BCUT2D eigenvalue weighted by molar-refractivity contribution is -0.0437. The molecule has 1 aromatic rings. The number of carbonyl (C=O) groups is 1. The molecule has 0 radical (unpaired) electrons. The van der Waals surface area contributed by atoms with E-state index in [0.717, 1.165) is 0 Å². The van der Waals surface area contributed by atoms with Gasteiger partial charge in [0.15, 0.2) is 5.75 Å². The van der Waals surface area contributed by atoms with Crippen molar-refractivity contribution in [3.05, 3.63) is 10.6 Å². The molecule has 0 fully saturated rings. The molecule has 0 aromatic carbocycles. The van der Waals surface area contributed by atoms with Gasteiger partial charge < -0.3 is 10.3 Å². The Hall–Kier alpha value is -0.870. The fourth-order valence-electron chi connectivity index (χ4n) is 0.696. The number of hydrogen-bond acceptors (Lipinski definition) is 5. The van der Waals surface area contributed by atoms with E-state index in [0.29, 0.717) is 11.5 Å². The van der Waals surface area contributed by atoms with Crippen molar-refractivity contribution in [3.8, 4) is 0 Å². The Balaban J connectivity index is 2.81. The summed E-state index contributed by atoms with van der Waals surface area (Å²) < 4.78 is 49.7. The molecule has 1 amide bonds. The van der Waals surface area contributed by atoms with E-state index in [4.69, 9.17) is 5.73 Å². The number of nitrogens with two attached hydrogens (primary N) is 1. The molecule has 10 heteroatoms. The first-order valence-corrected chi connectivity index (χ1v) is 5.48. The molecular formula is C5H4F3N3O2S2. The Kier molecular flexibility index (Phi) is 3.52. The lowest BCUT2D eigenvalue weighted by Gasteiger charge is -2.11. The normalized spacial score (nSPS) is 13.9. The first kappa shape index (κ1) is 12.2. The average Bonchev–Trinajstić information content (AvgIpc) is 2.50. The highest BCUT2D eigenvalue weighted by atomic mass is 32.2. The summed E-state index contributed by atoms with van der Waals surface area (Å²) in [6.45, 7) is 0. The van der Waals surface area contributed by atoms with Gasteiger partial charge in [0.2, 0.25) is 0 Å². The number of carbonyl (C=O) groups excluding carboxylic acids is 1. The van der Waals surface area contributed by atoms with Crippen molar-refractivity contribution in [2.75, 3.05) is 0 Å². The number of halogens is 3. The van der Waals surface area contributed by atoms with E-state index in [-0.39, 0.29) is 10.6 Å². The van der Waals surface area contributed by atoms with Crippen LogP contribution in [0.2, 0.25) is 0 Å². The summed E-state index contributed by atoms with van der Waals surface area (Å²) in [5, 5.41) is 3.27. The van der Waals surface area contributed by atoms with Crippen LogP contribution in [0.3, 0.4) is 0 Å². The minimum Gasteiger partial charge on any atom is -0.609 e. The third-order valence-corrected chi connectivity index (χ3v) is 3.14. The summed E-state index contributed by atoms with van der Waals surface area (Å²) in [4.78, 5) is 10.5. The molecule has 1 unspecified atom stereocenters. The molecule has 1 atom stereocenters. The lowest BCUT2D eigenvalue weighted by Crippen LogP contribution is -2.26. The monoisotopic (exact) mass is 259 g/mol. The number of hydrogen-bond donors (Lipinski definition) is 1. The molecule has 0 aliphatic carbocycles. The number of nitrogens with zero attached hydrogens (tertiary/aromatic N) is 2. The van der Waals surface area contributed by atoms with Gasteiger partial charge in [0.25, 0.3) is 5.91 Å². The minimum atomic E-state index is -4.83. The third kappa shape index (κ3) is 3.04. The Morgan fingerprint density at radius 2 is 2.20 bits per heavy atom. The number of aromatic nitrogens is 2. The molecule has 0 saturated heterocycles. The van der Waals surface area contributed by atoms with Crippen LogP contribution < -0.4 is 5.73 Å². The van der Waals surface area contributed by atoms with Gasteiger partial charge >= 0.3 is 5.51 Å². The lowest BCUT2D eigenvalue weighted by atomic mass is 10.4. The third-order valence-electron chi connectivity index (χ3n) is 1.31. The number of primary amides is 1. The second-order valence-corrected chi connectivity index (χ2v) is 4.55. The summed E-state index contributed by atoms with van der Waals surface area (Å²) in [6, 6.07) is 0. The second kappa shape index (κ2) is 4.33. The van der Waals surface area contributed by atoms with Crippen LogP contribution in [-0.4, -0.2) is 25.6 Å². The van der Waals surface area contributed by atoms with E-state index in [1.54, 1.807) is 0 Å². The van der Waals surface area contributed by atoms with E-state index in [2.05, 4.69) is 9.59 Å². The second-order valence-electron chi connectivity index (χ2n) is 2.35. The maximum atomic E-state index is 11.9. The zero-order valence-electron chi connectivity index (χ0n) is 6.95. The van der Waals surface area contributed by atoms with Crippen LogP contribution in [0.15, 0.2) is 0 Å². The predicted molar refractivity (Wildman–Crippen MR) is 46.3 cm³/mol. The molecular weight excluding hydrogens is 255 g/mol. The van der Waals surface area contributed by atoms with Crippen LogP contribution in [0.25, 0.3) is 0 Å². The van der Waals surface area contributed by atoms with Crippen molar-refractivity contribution in [1.82, 2.24) is 9.59 Å². The largest absolute Gasteiger partial charge is 0.609 e. The van der Waals surface area contributed by atoms with Crippen molar-refractivity contribution in [2.24, 2.45) is 5.73 Å². The van der Waals surface area contributed by atoms with Gasteiger partial charge in [-0.1, -0.05) is 4.49 Å². The van der Waals surface area contributed by atoms with E-state index in [1.807, 2.05) is 0 Å². The molecule has 0 aliphatic rings. The maximum absolute atomic E-state index is 11.9. The summed E-state index contributed by atoms with van der Waals surface area (Å²) in [5.41, 5.74) is -0.268. The minimum absolute atomic E-state index is 0.201. The summed E-state index contributed by atoms with van der Waals surface area (Å²) in [7, 11) is 0. The highest BCUT2D eigenvalue weighted by Crippen LogP contribution is 2.27. The number of amides is 1. The average molecular weight is 259 g/mol. The van der Waals surface area contributed by atoms with Crippen molar-refractivity contribution in [1.29, 1.82) is 0 Å². The molecule has 0 saturated carbocycles. The number of rotatable bonds is 3. The molecule has 0 aliphatic heterocycles. The summed E-state index contributed by atoms with van der Waals surface area (Å²) in [5.74, 6) is -1.84. The molecule has 84 valence electrons. The van der Waals surface area contributed by atoms with Crippen LogP contribution in [0, 0.1) is 0 Å². The smallest absolute Gasteiger partial charge is 0.573 e. The van der Waals surface area contributed by atoms with Gasteiger partial charge in [0.1, 0.15) is 10.6 Å². The fourth-order valence-corrected chi connectivity index (χ4v) is 1.93. The van der Waals surface area contributed by atoms with Crippen LogP contribution in [0.5, 0.6) is 0 Å². The van der Waals surface area contributed by atoms with E-state index < -0.39 is 28.3 Å². The highest BCUT2D eigenvalue weighted by molar-refractivity contribution is 7.91. The first-order valence-electron chi connectivity index (χ1n) is 3.38. The molecule has 0 bridgehead atoms. The SMILES string of the molecule is NC(=O)c1snnc1C[S+]([O-])C(F)(F)F. The Bertz CT molecular complexity index is 367. The van der Waals surface area contributed by atoms with E-state index in [9.17, 15) is 22.5 Å². The van der Waals surface area contributed by atoms with Gasteiger partial charge in [-0.15, -0.1) is 18.3 Å². The van der Waals surface area contributed by atoms with Gasteiger partial charge in [-0.3, -0.25) is 4.79 Å². The highest BCUT2D eigenvalue weighted by Gasteiger charge is 2.45. The van der Waals surface area contributed by atoms with Gasteiger partial charge in [0.05, 0.1) is 11.2 Å². The molecule has 0 spiro atoms. The molecule has 15 heavy (non-hydrogen) atoms. The Morgan fingerprint density at radius 3 is 2.67 bits per heavy atom.